The first kappa shape index (κ1) is 42.9. The van der Waals surface area contributed by atoms with Crippen LogP contribution in [0, 0.1) is 41.9 Å². The Labute approximate surface area is 364 Å². The molecule has 0 radical (unpaired) electrons. The lowest BCUT2D eigenvalue weighted by molar-refractivity contribution is -0.164. The maximum atomic E-state index is 13.6. The summed E-state index contributed by atoms with van der Waals surface area (Å²) in [6.07, 6.45) is 4.96. The first-order valence-corrected chi connectivity index (χ1v) is 22.0. The average Bonchev–Trinajstić information content (AvgIpc) is 3.80. The molecule has 1 unspecified atom stereocenters. The van der Waals surface area contributed by atoms with Gasteiger partial charge in [-0.15, -0.1) is 0 Å². The molecule has 0 aromatic heterocycles. The number of rotatable bonds is 11. The topological polar surface area (TPSA) is 161 Å². The number of nitrogens with zero attached hydrogens (tertiary/aromatic N) is 4. The SMILES string of the molecule is Cc1cc(OC2C(C)(C)C(NC(=O)c3ccc(N4CCC(CN(C)[C@@H]5CC[C@H](Oc6ccc7c(c6)C(=O)N(C6CCC(=O)NC6=O)C7=O)C5)CC4)cc3)C2(C)C)cc(C)c1C#N. The minimum atomic E-state index is -0.998. The van der Waals surface area contributed by atoms with E-state index >= 15 is 0 Å². The lowest BCUT2D eigenvalue weighted by atomic mass is 9.49. The summed E-state index contributed by atoms with van der Waals surface area (Å²) in [5, 5.41) is 15.0. The van der Waals surface area contributed by atoms with Crippen molar-refractivity contribution in [3.8, 4) is 17.6 Å². The second-order valence-corrected chi connectivity index (χ2v) is 19.4. The van der Waals surface area contributed by atoms with E-state index in [0.29, 0.717) is 28.8 Å². The summed E-state index contributed by atoms with van der Waals surface area (Å²) in [6, 6.07) is 18.3. The summed E-state index contributed by atoms with van der Waals surface area (Å²) in [7, 11) is 2.20. The Hall–Kier alpha value is -5.74. The van der Waals surface area contributed by atoms with Crippen LogP contribution in [0.25, 0.3) is 0 Å². The van der Waals surface area contributed by atoms with Gasteiger partial charge in [-0.3, -0.25) is 34.2 Å². The summed E-state index contributed by atoms with van der Waals surface area (Å²) < 4.78 is 12.9. The van der Waals surface area contributed by atoms with Crippen LogP contribution in [0.5, 0.6) is 11.5 Å². The Kier molecular flexibility index (Phi) is 11.4. The molecule has 2 N–H and O–H groups in total. The van der Waals surface area contributed by atoms with Gasteiger partial charge in [-0.25, -0.2) is 0 Å². The first-order chi connectivity index (χ1) is 29.5. The second kappa shape index (κ2) is 16.5. The van der Waals surface area contributed by atoms with Gasteiger partial charge in [0.1, 0.15) is 29.7 Å². The van der Waals surface area contributed by atoms with Crippen molar-refractivity contribution in [2.24, 2.45) is 16.7 Å². The van der Waals surface area contributed by atoms with Crippen LogP contribution < -0.4 is 25.0 Å². The van der Waals surface area contributed by atoms with Crippen LogP contribution in [0.2, 0.25) is 0 Å². The highest BCUT2D eigenvalue weighted by Gasteiger charge is 2.64. The second-order valence-electron chi connectivity index (χ2n) is 19.4. The van der Waals surface area contributed by atoms with E-state index in [1.807, 2.05) is 38.1 Å². The highest BCUT2D eigenvalue weighted by atomic mass is 16.5. The van der Waals surface area contributed by atoms with Crippen LogP contribution in [-0.2, 0) is 9.59 Å². The van der Waals surface area contributed by atoms with Gasteiger partial charge < -0.3 is 24.6 Å². The maximum absolute atomic E-state index is 13.6. The zero-order valence-electron chi connectivity index (χ0n) is 36.9. The fraction of sp³-hybridized carbons (Fsp3) is 0.510. The van der Waals surface area contributed by atoms with Crippen molar-refractivity contribution in [2.75, 3.05) is 31.6 Å². The molecule has 3 heterocycles. The molecule has 8 rings (SSSR count). The lowest BCUT2D eigenvalue weighted by Crippen LogP contribution is -2.74. The van der Waals surface area contributed by atoms with Gasteiger partial charge in [0.2, 0.25) is 11.8 Å². The van der Waals surface area contributed by atoms with E-state index in [1.54, 1.807) is 18.2 Å². The van der Waals surface area contributed by atoms with Gasteiger partial charge in [0.05, 0.1) is 22.8 Å². The Morgan fingerprint density at radius 1 is 0.855 bits per heavy atom. The van der Waals surface area contributed by atoms with Gasteiger partial charge in [0, 0.05) is 60.2 Å². The average molecular weight is 843 g/mol. The number of carbonyl (C=O) groups excluding carboxylic acids is 5. The maximum Gasteiger partial charge on any atom is 0.262 e. The third-order valence-electron chi connectivity index (χ3n) is 14.3. The number of nitrogens with one attached hydrogen (secondary N) is 2. The van der Waals surface area contributed by atoms with Gasteiger partial charge >= 0.3 is 0 Å². The van der Waals surface area contributed by atoms with Crippen molar-refractivity contribution in [1.29, 1.82) is 5.26 Å². The van der Waals surface area contributed by atoms with Crippen LogP contribution in [-0.4, -0.2) is 96.4 Å². The third-order valence-corrected chi connectivity index (χ3v) is 14.3. The van der Waals surface area contributed by atoms with E-state index in [-0.39, 0.29) is 59.0 Å². The van der Waals surface area contributed by atoms with Crippen molar-refractivity contribution in [3.63, 3.8) is 0 Å². The number of aryl methyl sites for hydroxylation is 2. The standard InChI is InChI=1S/C49H58N6O7/c1-28-22-36(23-29(2)39(28)26-50)62-47-48(3,4)46(49(47,5)6)52-42(57)31-8-10-32(11-9-31)54-20-18-30(19-21-54)27-53(7)33-12-13-34(24-33)61-35-14-15-37-38(25-35)45(60)55(44(37)59)40-16-17-41(56)51-43(40)58/h8-11,14-15,22-23,25,30,33-34,40,46-47H,12-13,16-21,24,27H2,1-7H3,(H,52,57)(H,51,56,58)/t33-,34+,40?,46?,47?/m1/s1. The largest absolute Gasteiger partial charge is 0.490 e. The van der Waals surface area contributed by atoms with E-state index in [1.165, 1.54) is 0 Å². The van der Waals surface area contributed by atoms with Gasteiger partial charge in [0.25, 0.3) is 17.7 Å². The van der Waals surface area contributed by atoms with Crippen molar-refractivity contribution >= 4 is 35.2 Å². The predicted molar refractivity (Wildman–Crippen MR) is 233 cm³/mol. The quantitative estimate of drug-likeness (QED) is 0.209. The van der Waals surface area contributed by atoms with E-state index in [4.69, 9.17) is 9.47 Å². The molecule has 2 aliphatic carbocycles. The monoisotopic (exact) mass is 842 g/mol. The van der Waals surface area contributed by atoms with E-state index in [9.17, 15) is 29.2 Å². The summed E-state index contributed by atoms with van der Waals surface area (Å²) in [4.78, 5) is 69.9. The van der Waals surface area contributed by atoms with Crippen molar-refractivity contribution in [1.82, 2.24) is 20.4 Å². The Balaban J connectivity index is 0.785. The van der Waals surface area contributed by atoms with E-state index < -0.39 is 29.7 Å². The van der Waals surface area contributed by atoms with Gasteiger partial charge in [-0.1, -0.05) is 27.7 Å². The minimum absolute atomic E-state index is 0.0164. The van der Waals surface area contributed by atoms with Crippen LogP contribution in [0.3, 0.4) is 0 Å². The lowest BCUT2D eigenvalue weighted by Gasteiger charge is -2.63. The molecule has 3 aromatic carbocycles. The van der Waals surface area contributed by atoms with Crippen LogP contribution >= 0.6 is 0 Å². The highest BCUT2D eigenvalue weighted by Crippen LogP contribution is 2.55. The summed E-state index contributed by atoms with van der Waals surface area (Å²) in [6.45, 7) is 15.3. The van der Waals surface area contributed by atoms with E-state index in [2.05, 4.69) is 73.4 Å². The number of ether oxygens (including phenoxy) is 2. The van der Waals surface area contributed by atoms with Crippen molar-refractivity contribution < 1.29 is 33.4 Å². The molecular weight excluding hydrogens is 785 g/mol. The molecule has 4 fully saturated rings. The van der Waals surface area contributed by atoms with Gasteiger partial charge in [0.15, 0.2) is 0 Å². The number of nitriles is 1. The summed E-state index contributed by atoms with van der Waals surface area (Å²) >= 11 is 0. The number of benzene rings is 3. The molecule has 326 valence electrons. The zero-order valence-corrected chi connectivity index (χ0v) is 36.9. The molecule has 0 bridgehead atoms. The zero-order chi connectivity index (χ0) is 44.2. The molecule has 3 aliphatic heterocycles. The molecular formula is C49H58N6O7. The number of piperidine rings is 2. The molecule has 13 heteroatoms. The van der Waals surface area contributed by atoms with Crippen molar-refractivity contribution in [2.45, 2.75) is 117 Å². The predicted octanol–water partition coefficient (Wildman–Crippen LogP) is 6.34. The number of imide groups is 2. The van der Waals surface area contributed by atoms with E-state index in [0.717, 1.165) is 79.2 Å². The number of anilines is 1. The molecule has 5 aliphatic rings. The molecule has 5 amide bonds. The van der Waals surface area contributed by atoms with Crippen LogP contribution in [0.15, 0.2) is 54.6 Å². The smallest absolute Gasteiger partial charge is 0.262 e. The van der Waals surface area contributed by atoms with Crippen LogP contribution in [0.4, 0.5) is 5.69 Å². The molecule has 13 nitrogen and oxygen atoms in total. The van der Waals surface area contributed by atoms with Crippen molar-refractivity contribution in [3.05, 3.63) is 88.0 Å². The Morgan fingerprint density at radius 2 is 1.52 bits per heavy atom. The molecule has 2 saturated carbocycles. The normalized spacial score (nSPS) is 25.6. The molecule has 2 saturated heterocycles. The molecule has 3 aromatic rings. The van der Waals surface area contributed by atoms with Crippen LogP contribution in [0.1, 0.15) is 120 Å². The number of hydrogen-bond donors (Lipinski definition) is 2. The number of amides is 5. The fourth-order valence-corrected chi connectivity index (χ4v) is 11.2. The van der Waals surface area contributed by atoms with Gasteiger partial charge in [-0.2, -0.15) is 5.26 Å². The number of hydrogen-bond acceptors (Lipinski definition) is 10. The molecule has 3 atom stereocenters. The minimum Gasteiger partial charge on any atom is -0.490 e. The molecule has 0 spiro atoms. The van der Waals surface area contributed by atoms with Gasteiger partial charge in [-0.05, 0) is 131 Å². The Bertz CT molecular complexity index is 2300. The molecule has 62 heavy (non-hydrogen) atoms. The number of fused-ring (bicyclic) bond motifs is 1. The number of carbonyl (C=O) groups is 5. The first-order valence-electron chi connectivity index (χ1n) is 22.0. The third kappa shape index (κ3) is 7.94. The Morgan fingerprint density at radius 3 is 2.16 bits per heavy atom. The summed E-state index contributed by atoms with van der Waals surface area (Å²) in [5.74, 6) is -0.338. The summed E-state index contributed by atoms with van der Waals surface area (Å²) in [5.41, 5.74) is 4.06. The highest BCUT2D eigenvalue weighted by molar-refractivity contribution is 6.23. The fourth-order valence-electron chi connectivity index (χ4n) is 11.2.